The maximum atomic E-state index is 6.58. The van der Waals surface area contributed by atoms with Crippen molar-refractivity contribution in [3.8, 4) is 0 Å². The zero-order valence-electron chi connectivity index (χ0n) is 10.5. The summed E-state index contributed by atoms with van der Waals surface area (Å²) in [5, 5.41) is 2.11. The fourth-order valence-corrected chi connectivity index (χ4v) is 3.73. The highest BCUT2D eigenvalue weighted by Crippen LogP contribution is 2.29. The Labute approximate surface area is 121 Å². The topological polar surface area (TPSA) is 26.0 Å². The molecule has 2 aromatic rings. The van der Waals surface area contributed by atoms with E-state index < -0.39 is 0 Å². The molecule has 0 fully saturated rings. The second kappa shape index (κ2) is 6.00. The average molecular weight is 324 g/mol. The molecule has 1 heterocycles. The number of hydrogen-bond acceptors (Lipinski definition) is 2. The fraction of sp³-hybridized carbons (Fsp3) is 0.333. The van der Waals surface area contributed by atoms with E-state index in [1.165, 1.54) is 14.9 Å². The molecule has 0 spiro atoms. The van der Waals surface area contributed by atoms with Gasteiger partial charge in [0.15, 0.2) is 0 Å². The molecule has 0 aliphatic rings. The maximum Gasteiger partial charge on any atom is 0.0315 e. The summed E-state index contributed by atoms with van der Waals surface area (Å²) in [7, 11) is 0. The van der Waals surface area contributed by atoms with Gasteiger partial charge in [0.05, 0.1) is 0 Å². The highest BCUT2D eigenvalue weighted by molar-refractivity contribution is 9.10. The summed E-state index contributed by atoms with van der Waals surface area (Å²) < 4.78 is 1.18. The zero-order valence-corrected chi connectivity index (χ0v) is 12.9. The molecule has 2 rings (SSSR count). The van der Waals surface area contributed by atoms with Gasteiger partial charge in [-0.15, -0.1) is 11.3 Å². The number of thiophene rings is 1. The molecule has 0 radical (unpaired) electrons. The van der Waals surface area contributed by atoms with E-state index in [1.54, 1.807) is 11.3 Å². The number of nitrogens with two attached hydrogens (primary N) is 1. The molecule has 0 saturated heterocycles. The van der Waals surface area contributed by atoms with Gasteiger partial charge in [0.2, 0.25) is 0 Å². The lowest BCUT2D eigenvalue weighted by Crippen LogP contribution is -2.43. The summed E-state index contributed by atoms with van der Waals surface area (Å²) in [6.07, 6.45) is 2.83. The summed E-state index contributed by atoms with van der Waals surface area (Å²) in [4.78, 5) is 1.34. The van der Waals surface area contributed by atoms with Crippen LogP contribution in [0.4, 0.5) is 0 Å². The van der Waals surface area contributed by atoms with Gasteiger partial charge in [-0.3, -0.25) is 0 Å². The van der Waals surface area contributed by atoms with Gasteiger partial charge in [-0.25, -0.2) is 0 Å². The molecule has 0 aliphatic heterocycles. The smallest absolute Gasteiger partial charge is 0.0315 e. The van der Waals surface area contributed by atoms with Gasteiger partial charge in [-0.1, -0.05) is 37.3 Å². The van der Waals surface area contributed by atoms with E-state index in [1.807, 2.05) is 6.07 Å². The summed E-state index contributed by atoms with van der Waals surface area (Å²) in [6, 6.07) is 12.6. The maximum absolute atomic E-state index is 6.58. The van der Waals surface area contributed by atoms with Gasteiger partial charge in [-0.05, 0) is 45.8 Å². The normalized spacial score (nSPS) is 14.4. The quantitative estimate of drug-likeness (QED) is 0.866. The first-order valence-corrected chi connectivity index (χ1v) is 7.85. The van der Waals surface area contributed by atoms with Crippen molar-refractivity contribution in [2.45, 2.75) is 31.7 Å². The van der Waals surface area contributed by atoms with Crippen LogP contribution in [0.15, 0.2) is 46.3 Å². The minimum Gasteiger partial charge on any atom is -0.324 e. The number of rotatable bonds is 5. The molecule has 2 N–H and O–H groups in total. The first-order valence-electron chi connectivity index (χ1n) is 6.18. The molecular weight excluding hydrogens is 306 g/mol. The lowest BCUT2D eigenvalue weighted by molar-refractivity contribution is 0.406. The SMILES string of the molecule is CCC(N)(Cc1ccccc1)Cc1sccc1Br. The molecule has 3 heteroatoms. The Bertz CT molecular complexity index is 494. The van der Waals surface area contributed by atoms with Crippen molar-refractivity contribution in [1.82, 2.24) is 0 Å². The molecule has 0 saturated carbocycles. The predicted molar refractivity (Wildman–Crippen MR) is 83.1 cm³/mol. The van der Waals surface area contributed by atoms with Crippen LogP contribution in [0, 0.1) is 0 Å². The van der Waals surface area contributed by atoms with Crippen LogP contribution in [-0.4, -0.2) is 5.54 Å². The molecule has 0 aliphatic carbocycles. The Morgan fingerprint density at radius 3 is 2.44 bits per heavy atom. The van der Waals surface area contributed by atoms with Crippen molar-refractivity contribution < 1.29 is 0 Å². The van der Waals surface area contributed by atoms with Crippen LogP contribution in [0.25, 0.3) is 0 Å². The van der Waals surface area contributed by atoms with E-state index in [0.717, 1.165) is 19.3 Å². The highest BCUT2D eigenvalue weighted by Gasteiger charge is 2.25. The molecule has 0 amide bonds. The molecule has 1 aromatic heterocycles. The van der Waals surface area contributed by atoms with Crippen molar-refractivity contribution in [2.24, 2.45) is 5.73 Å². The molecule has 1 nitrogen and oxygen atoms in total. The molecule has 1 unspecified atom stereocenters. The summed E-state index contributed by atoms with van der Waals surface area (Å²) in [5.41, 5.74) is 7.73. The Balaban J connectivity index is 2.13. The third-order valence-electron chi connectivity index (χ3n) is 3.31. The number of halogens is 1. The first kappa shape index (κ1) is 13.8. The van der Waals surface area contributed by atoms with Crippen molar-refractivity contribution in [3.05, 3.63) is 56.7 Å². The van der Waals surface area contributed by atoms with E-state index in [-0.39, 0.29) is 5.54 Å². The molecule has 18 heavy (non-hydrogen) atoms. The minimum absolute atomic E-state index is 0.158. The molecule has 1 aromatic carbocycles. The predicted octanol–water partition coefficient (Wildman–Crippen LogP) is 4.40. The average Bonchev–Trinajstić information content (AvgIpc) is 2.76. The van der Waals surface area contributed by atoms with Crippen molar-refractivity contribution in [2.75, 3.05) is 0 Å². The van der Waals surface area contributed by atoms with Crippen LogP contribution >= 0.6 is 27.3 Å². The van der Waals surface area contributed by atoms with Crippen LogP contribution in [0.5, 0.6) is 0 Å². The third kappa shape index (κ3) is 3.44. The van der Waals surface area contributed by atoms with Gasteiger partial charge in [0.1, 0.15) is 0 Å². The summed E-state index contributed by atoms with van der Waals surface area (Å²) >= 11 is 5.36. The molecule has 96 valence electrons. The molecule has 0 bridgehead atoms. The van der Waals surface area contributed by atoms with Crippen molar-refractivity contribution in [3.63, 3.8) is 0 Å². The van der Waals surface area contributed by atoms with Crippen LogP contribution in [0.3, 0.4) is 0 Å². The number of benzene rings is 1. The van der Waals surface area contributed by atoms with Crippen LogP contribution in [-0.2, 0) is 12.8 Å². The monoisotopic (exact) mass is 323 g/mol. The minimum atomic E-state index is -0.158. The highest BCUT2D eigenvalue weighted by atomic mass is 79.9. The van der Waals surface area contributed by atoms with Gasteiger partial charge in [0, 0.05) is 21.3 Å². The standard InChI is InChI=1S/C15H18BrNS/c1-2-15(17,10-12-6-4-3-5-7-12)11-14-13(16)8-9-18-14/h3-9H,2,10-11,17H2,1H3. The van der Waals surface area contributed by atoms with Gasteiger partial charge >= 0.3 is 0 Å². The summed E-state index contributed by atoms with van der Waals surface area (Å²) in [6.45, 7) is 2.17. The van der Waals surface area contributed by atoms with Gasteiger partial charge in [-0.2, -0.15) is 0 Å². The summed E-state index contributed by atoms with van der Waals surface area (Å²) in [5.74, 6) is 0. The van der Waals surface area contributed by atoms with E-state index >= 15 is 0 Å². The lowest BCUT2D eigenvalue weighted by atomic mass is 9.85. The Hall–Kier alpha value is -0.640. The lowest BCUT2D eigenvalue weighted by Gasteiger charge is -2.28. The van der Waals surface area contributed by atoms with Crippen LogP contribution in [0.2, 0.25) is 0 Å². The Morgan fingerprint density at radius 1 is 1.17 bits per heavy atom. The van der Waals surface area contributed by atoms with Crippen molar-refractivity contribution in [1.29, 1.82) is 0 Å². The largest absolute Gasteiger partial charge is 0.324 e. The van der Waals surface area contributed by atoms with E-state index in [2.05, 4.69) is 58.6 Å². The second-order valence-corrected chi connectivity index (χ2v) is 6.60. The van der Waals surface area contributed by atoms with Gasteiger partial charge in [0.25, 0.3) is 0 Å². The molecular formula is C15H18BrNS. The van der Waals surface area contributed by atoms with E-state index in [9.17, 15) is 0 Å². The third-order valence-corrected chi connectivity index (χ3v) is 5.23. The zero-order chi connectivity index (χ0) is 13.0. The second-order valence-electron chi connectivity index (χ2n) is 4.75. The van der Waals surface area contributed by atoms with E-state index in [4.69, 9.17) is 5.73 Å². The molecule has 1 atom stereocenters. The van der Waals surface area contributed by atoms with Crippen LogP contribution in [0.1, 0.15) is 23.8 Å². The van der Waals surface area contributed by atoms with Crippen LogP contribution < -0.4 is 5.73 Å². The Morgan fingerprint density at radius 2 is 1.89 bits per heavy atom. The van der Waals surface area contributed by atoms with E-state index in [0.29, 0.717) is 0 Å². The van der Waals surface area contributed by atoms with Crippen molar-refractivity contribution >= 4 is 27.3 Å². The fourth-order valence-electron chi connectivity index (χ4n) is 2.09. The van der Waals surface area contributed by atoms with Gasteiger partial charge < -0.3 is 5.73 Å². The first-order chi connectivity index (χ1) is 8.63. The number of hydrogen-bond donors (Lipinski definition) is 1. The Kier molecular flexibility index (Phi) is 4.60.